The molecule has 10 nitrogen and oxygen atoms in total. The molecule has 0 saturated heterocycles. The van der Waals surface area contributed by atoms with E-state index in [1.807, 2.05) is 7.05 Å². The van der Waals surface area contributed by atoms with E-state index < -0.39 is 30.0 Å². The molecular weight excluding hydrogens is 449 g/mol. The molecule has 2 heterocycles. The molecule has 1 amide bonds. The van der Waals surface area contributed by atoms with Gasteiger partial charge >= 0.3 is 11.9 Å². The minimum absolute atomic E-state index is 0.215. The van der Waals surface area contributed by atoms with Crippen molar-refractivity contribution in [2.24, 2.45) is 0 Å². The number of aromatic amines is 1. The Kier molecular flexibility index (Phi) is 7.61. The lowest BCUT2D eigenvalue weighted by Crippen LogP contribution is -2.39. The van der Waals surface area contributed by atoms with Crippen molar-refractivity contribution in [3.63, 3.8) is 0 Å². The summed E-state index contributed by atoms with van der Waals surface area (Å²) in [5.41, 5.74) is 5.36. The summed E-state index contributed by atoms with van der Waals surface area (Å²) in [4.78, 5) is 35.1. The van der Waals surface area contributed by atoms with Crippen LogP contribution in [0.15, 0.2) is 36.4 Å². The number of aliphatic hydroxyl groups is 2. The van der Waals surface area contributed by atoms with Gasteiger partial charge in [0.2, 0.25) is 0 Å². The van der Waals surface area contributed by atoms with Crippen LogP contribution in [0.1, 0.15) is 21.5 Å². The zero-order chi connectivity index (χ0) is 25.0. The van der Waals surface area contributed by atoms with Gasteiger partial charge < -0.3 is 36.0 Å². The van der Waals surface area contributed by atoms with E-state index >= 15 is 0 Å². The number of hydrogen-bond acceptors (Lipinski definition) is 6. The van der Waals surface area contributed by atoms with Crippen LogP contribution in [0.2, 0.25) is 0 Å². The number of H-pyrrole nitrogens is 1. The van der Waals surface area contributed by atoms with Crippen LogP contribution < -0.4 is 10.6 Å². The molecule has 1 aromatic heterocycles. The second-order valence-corrected chi connectivity index (χ2v) is 7.65. The first-order valence-electron chi connectivity index (χ1n) is 10.3. The van der Waals surface area contributed by atoms with Crippen LogP contribution in [0, 0.1) is 5.82 Å². The highest BCUT2D eigenvalue weighted by Crippen LogP contribution is 2.34. The second-order valence-electron chi connectivity index (χ2n) is 7.65. The van der Waals surface area contributed by atoms with Gasteiger partial charge in [-0.3, -0.25) is 4.79 Å². The maximum absolute atomic E-state index is 13.9. The number of carboxylic acid groups (broad SMARTS) is 2. The molecule has 34 heavy (non-hydrogen) atoms. The molecule has 0 bridgehead atoms. The van der Waals surface area contributed by atoms with Gasteiger partial charge in [0.1, 0.15) is 5.82 Å². The predicted molar refractivity (Wildman–Crippen MR) is 120 cm³/mol. The molecule has 2 atom stereocenters. The van der Waals surface area contributed by atoms with Gasteiger partial charge in [-0.2, -0.15) is 0 Å². The topological polar surface area (TPSA) is 172 Å². The molecular formula is C23H24FN3O7. The van der Waals surface area contributed by atoms with Crippen LogP contribution in [0.5, 0.6) is 0 Å². The molecule has 0 saturated carbocycles. The van der Waals surface area contributed by atoms with Crippen molar-refractivity contribution >= 4 is 28.7 Å². The summed E-state index contributed by atoms with van der Waals surface area (Å²) >= 11 is 0. The molecule has 0 unspecified atom stereocenters. The summed E-state index contributed by atoms with van der Waals surface area (Å²) in [5.74, 6) is -4.16. The van der Waals surface area contributed by atoms with Crippen molar-refractivity contribution in [3.05, 3.63) is 58.9 Å². The number of carbonyl (C=O) groups is 3. The van der Waals surface area contributed by atoms with Crippen LogP contribution in [0.3, 0.4) is 0 Å². The first kappa shape index (κ1) is 24.8. The second kappa shape index (κ2) is 10.4. The van der Waals surface area contributed by atoms with Gasteiger partial charge in [0.25, 0.3) is 5.91 Å². The molecule has 11 heteroatoms. The lowest BCUT2D eigenvalue weighted by Gasteiger charge is -2.07. The predicted octanol–water partition coefficient (Wildman–Crippen LogP) is 0.857. The van der Waals surface area contributed by atoms with E-state index in [4.69, 9.17) is 20.4 Å². The van der Waals surface area contributed by atoms with Gasteiger partial charge in [0.05, 0.1) is 5.56 Å². The van der Waals surface area contributed by atoms with E-state index in [2.05, 4.69) is 39.9 Å². The van der Waals surface area contributed by atoms with E-state index in [1.54, 1.807) is 0 Å². The highest BCUT2D eigenvalue weighted by atomic mass is 19.1. The summed E-state index contributed by atoms with van der Waals surface area (Å²) in [6.07, 6.45) is -3.81. The number of rotatable bonds is 6. The fraction of sp³-hybridized carbons (Fsp3) is 0.261. The summed E-state index contributed by atoms with van der Waals surface area (Å²) in [6, 6.07) is 11.0. The van der Waals surface area contributed by atoms with Crippen LogP contribution in [-0.2, 0) is 22.6 Å². The van der Waals surface area contributed by atoms with Crippen LogP contribution in [-0.4, -0.2) is 69.1 Å². The molecule has 0 radical (unpaired) electrons. The highest BCUT2D eigenvalue weighted by Gasteiger charge is 2.29. The number of aliphatic hydroxyl groups excluding tert-OH is 2. The molecule has 0 fully saturated rings. The minimum atomic E-state index is -2.27. The normalized spacial score (nSPS) is 14.4. The maximum atomic E-state index is 13.9. The molecule has 0 aliphatic carbocycles. The third-order valence-corrected chi connectivity index (χ3v) is 5.30. The zero-order valence-corrected chi connectivity index (χ0v) is 18.1. The lowest BCUT2D eigenvalue weighted by atomic mass is 9.99. The first-order chi connectivity index (χ1) is 16.1. The van der Waals surface area contributed by atoms with Gasteiger partial charge in [-0.1, -0.05) is 24.3 Å². The number of halogens is 1. The molecule has 1 aliphatic rings. The Morgan fingerprint density at radius 1 is 1.09 bits per heavy atom. The molecule has 3 aromatic rings. The molecule has 7 N–H and O–H groups in total. The van der Waals surface area contributed by atoms with Gasteiger partial charge in [-0.25, -0.2) is 14.0 Å². The number of aliphatic carboxylic acids is 2. The Morgan fingerprint density at radius 2 is 1.71 bits per heavy atom. The number of nitrogens with one attached hydrogen (secondary N) is 3. The van der Waals surface area contributed by atoms with E-state index in [-0.39, 0.29) is 5.91 Å². The third kappa shape index (κ3) is 5.22. The van der Waals surface area contributed by atoms with E-state index in [1.165, 1.54) is 17.7 Å². The van der Waals surface area contributed by atoms with E-state index in [0.717, 1.165) is 35.2 Å². The molecule has 0 spiro atoms. The Bertz CT molecular complexity index is 1210. The average Bonchev–Trinajstić information content (AvgIpc) is 3.07. The fourth-order valence-corrected chi connectivity index (χ4v) is 3.70. The van der Waals surface area contributed by atoms with E-state index in [9.17, 15) is 18.8 Å². The first-order valence-corrected chi connectivity index (χ1v) is 10.3. The van der Waals surface area contributed by atoms with Crippen LogP contribution in [0.4, 0.5) is 4.39 Å². The molecule has 1 aliphatic heterocycles. The molecule has 2 aromatic carbocycles. The fourth-order valence-electron chi connectivity index (χ4n) is 3.70. The van der Waals surface area contributed by atoms with E-state index in [0.29, 0.717) is 17.6 Å². The monoisotopic (exact) mass is 473 g/mol. The van der Waals surface area contributed by atoms with Gasteiger partial charge in [-0.15, -0.1) is 0 Å². The summed E-state index contributed by atoms with van der Waals surface area (Å²) in [6.45, 7) is 1.36. The molecule has 180 valence electrons. The molecule has 4 rings (SSSR count). The Balaban J connectivity index is 0.000000277. The number of benzene rings is 2. The largest absolute Gasteiger partial charge is 0.479 e. The summed E-state index contributed by atoms with van der Waals surface area (Å²) < 4.78 is 13.9. The van der Waals surface area contributed by atoms with Gasteiger partial charge in [0, 0.05) is 29.7 Å². The van der Waals surface area contributed by atoms with Gasteiger partial charge in [0.15, 0.2) is 12.2 Å². The maximum Gasteiger partial charge on any atom is 0.335 e. The van der Waals surface area contributed by atoms with Crippen molar-refractivity contribution in [3.8, 4) is 11.3 Å². The van der Waals surface area contributed by atoms with Crippen molar-refractivity contribution in [2.45, 2.75) is 25.2 Å². The smallest absolute Gasteiger partial charge is 0.335 e. The number of carboxylic acids is 2. The van der Waals surface area contributed by atoms with Crippen molar-refractivity contribution in [1.82, 2.24) is 15.6 Å². The van der Waals surface area contributed by atoms with Crippen molar-refractivity contribution in [2.75, 3.05) is 13.6 Å². The SMILES string of the molecule is CNCc1ccc(-c2[nH]c3cc(F)cc4c3c2CCNC4=O)cc1.O=C(O)[C@H](O)[C@@H](O)C(=O)O. The number of carbonyl (C=O) groups excluding carboxylic acids is 1. The minimum Gasteiger partial charge on any atom is -0.479 e. The highest BCUT2D eigenvalue weighted by molar-refractivity contribution is 6.10. The van der Waals surface area contributed by atoms with Gasteiger partial charge in [-0.05, 0) is 42.3 Å². The Morgan fingerprint density at radius 3 is 2.26 bits per heavy atom. The number of hydrogen-bond donors (Lipinski definition) is 7. The Labute approximate surface area is 193 Å². The van der Waals surface area contributed by atoms with Crippen molar-refractivity contribution in [1.29, 1.82) is 0 Å². The number of aromatic nitrogens is 1. The van der Waals surface area contributed by atoms with Crippen LogP contribution in [0.25, 0.3) is 22.2 Å². The van der Waals surface area contributed by atoms with Crippen LogP contribution >= 0.6 is 0 Å². The summed E-state index contributed by atoms with van der Waals surface area (Å²) in [5, 5.41) is 39.3. The zero-order valence-electron chi connectivity index (χ0n) is 18.1. The lowest BCUT2D eigenvalue weighted by molar-refractivity contribution is -0.165. The Hall–Kier alpha value is -3.80. The third-order valence-electron chi connectivity index (χ3n) is 5.30. The average molecular weight is 473 g/mol. The quantitative estimate of drug-likeness (QED) is 0.276. The summed E-state index contributed by atoms with van der Waals surface area (Å²) in [7, 11) is 1.92. The standard InChI is InChI=1S/C19H18FN3O.C4H6O6/c1-21-10-11-2-4-12(5-3-11)18-14-6-7-22-19(24)15-8-13(20)9-16(23-18)17(14)15;5-1(3(7)8)2(6)4(9)10/h2-5,8-9,21,23H,6-7,10H2,1H3,(H,22,24);1-2,5-6H,(H,7,8)(H,9,10)/t;1-,2-/m.1/s1. The van der Waals surface area contributed by atoms with Crippen molar-refractivity contribution < 1.29 is 39.2 Å². The number of amides is 1.